The van der Waals surface area contributed by atoms with Crippen molar-refractivity contribution in [2.24, 2.45) is 13.0 Å². The van der Waals surface area contributed by atoms with E-state index in [9.17, 15) is 4.79 Å². The Kier molecular flexibility index (Phi) is 5.89. The van der Waals surface area contributed by atoms with E-state index in [1.807, 2.05) is 0 Å². The molecule has 0 aromatic carbocycles. The van der Waals surface area contributed by atoms with Crippen molar-refractivity contribution in [3.8, 4) is 0 Å². The predicted octanol–water partition coefficient (Wildman–Crippen LogP) is 1.54. The van der Waals surface area contributed by atoms with Gasteiger partial charge in [-0.3, -0.25) is 4.79 Å². The second kappa shape index (κ2) is 8.12. The Labute approximate surface area is 144 Å². The van der Waals surface area contributed by atoms with E-state index in [1.54, 1.807) is 24.0 Å². The van der Waals surface area contributed by atoms with Crippen molar-refractivity contribution in [2.45, 2.75) is 51.1 Å². The van der Waals surface area contributed by atoms with Gasteiger partial charge in [0.25, 0.3) is 5.56 Å². The van der Waals surface area contributed by atoms with Crippen LogP contribution in [-0.2, 0) is 11.8 Å². The number of rotatable bonds is 5. The van der Waals surface area contributed by atoms with Crippen LogP contribution in [0.1, 0.15) is 39.0 Å². The summed E-state index contributed by atoms with van der Waals surface area (Å²) in [5.74, 6) is 1.39. The fourth-order valence-electron chi connectivity index (χ4n) is 3.91. The van der Waals surface area contributed by atoms with E-state index < -0.39 is 0 Å². The molecule has 6 nitrogen and oxygen atoms in total. The van der Waals surface area contributed by atoms with E-state index >= 15 is 0 Å². The first-order valence-corrected chi connectivity index (χ1v) is 9.24. The van der Waals surface area contributed by atoms with Gasteiger partial charge in [-0.1, -0.05) is 0 Å². The van der Waals surface area contributed by atoms with Gasteiger partial charge in [0.1, 0.15) is 0 Å². The van der Waals surface area contributed by atoms with E-state index in [-0.39, 0.29) is 5.56 Å². The van der Waals surface area contributed by atoms with Gasteiger partial charge in [-0.2, -0.15) is 0 Å². The van der Waals surface area contributed by atoms with Gasteiger partial charge in [0.2, 0.25) is 0 Å². The van der Waals surface area contributed by atoms with Crippen LogP contribution in [0.3, 0.4) is 0 Å². The Morgan fingerprint density at radius 3 is 2.71 bits per heavy atom. The second-order valence-electron chi connectivity index (χ2n) is 7.29. The summed E-state index contributed by atoms with van der Waals surface area (Å²) in [6, 6.07) is 1.09. The number of nitrogens with zero attached hydrogens (tertiary/aromatic N) is 3. The van der Waals surface area contributed by atoms with Crippen molar-refractivity contribution in [1.29, 1.82) is 0 Å². The molecule has 1 aromatic heterocycles. The summed E-state index contributed by atoms with van der Waals surface area (Å²) in [5, 5.41) is 3.79. The van der Waals surface area contributed by atoms with E-state index in [1.165, 1.54) is 19.3 Å². The first-order chi connectivity index (χ1) is 11.6. The number of ether oxygens (including phenoxy) is 1. The zero-order valence-corrected chi connectivity index (χ0v) is 14.9. The molecule has 2 saturated heterocycles. The minimum absolute atomic E-state index is 0.00297. The standard InChI is InChI=1S/C18H30N4O2/c1-14(13-15-5-11-24-12-6-15)20-16-3-8-22(9-4-16)17-18(23)21(2)10-7-19-17/h7,10,14-16,20H,3-6,8-9,11-13H2,1-2H3/t14-/m1/s1. The largest absolute Gasteiger partial charge is 0.381 e. The molecule has 134 valence electrons. The third-order valence-electron chi connectivity index (χ3n) is 5.34. The van der Waals surface area contributed by atoms with Gasteiger partial charge in [0, 0.05) is 57.8 Å². The van der Waals surface area contributed by atoms with Gasteiger partial charge < -0.3 is 19.5 Å². The maximum atomic E-state index is 12.2. The van der Waals surface area contributed by atoms with Crippen LogP contribution in [-0.4, -0.2) is 47.9 Å². The van der Waals surface area contributed by atoms with Crippen LogP contribution < -0.4 is 15.8 Å². The molecule has 0 saturated carbocycles. The molecule has 2 fully saturated rings. The highest BCUT2D eigenvalue weighted by atomic mass is 16.5. The normalized spacial score (nSPS) is 21.8. The summed E-state index contributed by atoms with van der Waals surface area (Å²) >= 11 is 0. The molecular weight excluding hydrogens is 304 g/mol. The summed E-state index contributed by atoms with van der Waals surface area (Å²) in [6.45, 7) is 5.95. The van der Waals surface area contributed by atoms with E-state index in [0.29, 0.717) is 17.9 Å². The summed E-state index contributed by atoms with van der Waals surface area (Å²) in [7, 11) is 1.78. The van der Waals surface area contributed by atoms with Crippen LogP contribution in [0, 0.1) is 5.92 Å². The van der Waals surface area contributed by atoms with Crippen molar-refractivity contribution in [3.05, 3.63) is 22.7 Å². The zero-order chi connectivity index (χ0) is 16.9. The van der Waals surface area contributed by atoms with E-state index in [0.717, 1.165) is 45.1 Å². The highest BCUT2D eigenvalue weighted by Crippen LogP contribution is 2.21. The first-order valence-electron chi connectivity index (χ1n) is 9.24. The predicted molar refractivity (Wildman–Crippen MR) is 95.5 cm³/mol. The summed E-state index contributed by atoms with van der Waals surface area (Å²) in [6.07, 6.45) is 9.19. The van der Waals surface area contributed by atoms with Crippen LogP contribution >= 0.6 is 0 Å². The van der Waals surface area contributed by atoms with Crippen molar-refractivity contribution in [1.82, 2.24) is 14.9 Å². The van der Waals surface area contributed by atoms with Crippen LogP contribution in [0.5, 0.6) is 0 Å². The van der Waals surface area contributed by atoms with Gasteiger partial charge in [-0.25, -0.2) is 4.98 Å². The maximum absolute atomic E-state index is 12.2. The topological polar surface area (TPSA) is 59.4 Å². The SMILES string of the molecule is C[C@H](CC1CCOCC1)NC1CCN(c2nccn(C)c2=O)CC1. The highest BCUT2D eigenvalue weighted by Gasteiger charge is 2.24. The maximum Gasteiger partial charge on any atom is 0.293 e. The molecule has 0 amide bonds. The molecule has 0 aliphatic carbocycles. The quantitative estimate of drug-likeness (QED) is 0.885. The lowest BCUT2D eigenvalue weighted by molar-refractivity contribution is 0.0606. The molecule has 2 aliphatic rings. The molecule has 24 heavy (non-hydrogen) atoms. The first kappa shape index (κ1) is 17.4. The lowest BCUT2D eigenvalue weighted by Crippen LogP contribution is -2.47. The van der Waals surface area contributed by atoms with Crippen LogP contribution in [0.15, 0.2) is 17.2 Å². The second-order valence-corrected chi connectivity index (χ2v) is 7.29. The molecule has 0 radical (unpaired) electrons. The van der Waals surface area contributed by atoms with Gasteiger partial charge in [0.05, 0.1) is 0 Å². The number of anilines is 1. The molecule has 0 bridgehead atoms. The monoisotopic (exact) mass is 334 g/mol. The smallest absolute Gasteiger partial charge is 0.293 e. The molecule has 0 unspecified atom stereocenters. The minimum Gasteiger partial charge on any atom is -0.381 e. The Bertz CT molecular complexity index is 575. The van der Waals surface area contributed by atoms with Crippen molar-refractivity contribution < 1.29 is 4.74 Å². The number of aromatic nitrogens is 2. The Morgan fingerprint density at radius 2 is 2.00 bits per heavy atom. The number of piperidine rings is 1. The number of nitrogens with one attached hydrogen (secondary N) is 1. The summed E-state index contributed by atoms with van der Waals surface area (Å²) < 4.78 is 7.04. The number of hydrogen-bond acceptors (Lipinski definition) is 5. The van der Waals surface area contributed by atoms with Crippen molar-refractivity contribution >= 4 is 5.82 Å². The molecule has 2 aliphatic heterocycles. The molecule has 3 rings (SSSR count). The summed E-state index contributed by atoms with van der Waals surface area (Å²) in [4.78, 5) is 18.6. The Balaban J connectivity index is 1.46. The van der Waals surface area contributed by atoms with Crippen molar-refractivity contribution in [3.63, 3.8) is 0 Å². The lowest BCUT2D eigenvalue weighted by atomic mass is 9.92. The van der Waals surface area contributed by atoms with Gasteiger partial charge in [-0.15, -0.1) is 0 Å². The molecule has 1 atom stereocenters. The van der Waals surface area contributed by atoms with Crippen LogP contribution in [0.25, 0.3) is 0 Å². The molecular formula is C18H30N4O2. The third-order valence-corrected chi connectivity index (χ3v) is 5.34. The molecule has 1 aromatic rings. The van der Waals surface area contributed by atoms with E-state index in [2.05, 4.69) is 22.1 Å². The van der Waals surface area contributed by atoms with Gasteiger partial charge in [-0.05, 0) is 44.9 Å². The van der Waals surface area contributed by atoms with Crippen LogP contribution in [0.2, 0.25) is 0 Å². The highest BCUT2D eigenvalue weighted by molar-refractivity contribution is 5.36. The van der Waals surface area contributed by atoms with Crippen molar-refractivity contribution in [2.75, 3.05) is 31.2 Å². The minimum atomic E-state index is -0.00297. The fourth-order valence-corrected chi connectivity index (χ4v) is 3.91. The summed E-state index contributed by atoms with van der Waals surface area (Å²) in [5.41, 5.74) is -0.00297. The average Bonchev–Trinajstić information content (AvgIpc) is 2.59. The Morgan fingerprint density at radius 1 is 1.29 bits per heavy atom. The fraction of sp³-hybridized carbons (Fsp3) is 0.778. The van der Waals surface area contributed by atoms with E-state index in [4.69, 9.17) is 4.74 Å². The average molecular weight is 334 g/mol. The molecule has 0 spiro atoms. The van der Waals surface area contributed by atoms with Gasteiger partial charge in [0.15, 0.2) is 5.82 Å². The molecule has 6 heteroatoms. The zero-order valence-electron chi connectivity index (χ0n) is 14.9. The lowest BCUT2D eigenvalue weighted by Gasteiger charge is -2.35. The van der Waals surface area contributed by atoms with Crippen LogP contribution in [0.4, 0.5) is 5.82 Å². The Hall–Kier alpha value is -1.40. The number of hydrogen-bond donors (Lipinski definition) is 1. The number of aryl methyl sites for hydroxylation is 1. The molecule has 3 heterocycles. The van der Waals surface area contributed by atoms with Gasteiger partial charge >= 0.3 is 0 Å². The third kappa shape index (κ3) is 4.36. The molecule has 1 N–H and O–H groups in total.